The number of nitro benzene ring substituents is 1. The number of rotatable bonds is 3. The minimum Gasteiger partial charge on any atom is -0.402 e. The number of aliphatic imine (C=N–C) groups is 1. The zero-order chi connectivity index (χ0) is 17.3. The van der Waals surface area contributed by atoms with Crippen LogP contribution in [0.1, 0.15) is 11.1 Å². The van der Waals surface area contributed by atoms with Gasteiger partial charge in [-0.15, -0.1) is 0 Å². The van der Waals surface area contributed by atoms with Gasteiger partial charge in [0.1, 0.15) is 0 Å². The first-order valence-corrected chi connectivity index (χ1v) is 7.83. The van der Waals surface area contributed by atoms with Crippen LogP contribution in [0.5, 0.6) is 0 Å². The molecular weight excluding hydrogens is 400 g/mol. The van der Waals surface area contributed by atoms with Gasteiger partial charge in [0.25, 0.3) is 5.69 Å². The van der Waals surface area contributed by atoms with Crippen molar-refractivity contribution in [2.75, 3.05) is 0 Å². The Morgan fingerprint density at radius 2 is 1.92 bits per heavy atom. The van der Waals surface area contributed by atoms with Crippen molar-refractivity contribution in [1.82, 2.24) is 0 Å². The van der Waals surface area contributed by atoms with Crippen molar-refractivity contribution in [2.45, 2.75) is 0 Å². The summed E-state index contributed by atoms with van der Waals surface area (Å²) in [5, 5.41) is 11.1. The van der Waals surface area contributed by atoms with E-state index in [0.29, 0.717) is 0 Å². The Morgan fingerprint density at radius 3 is 2.58 bits per heavy atom. The smallest absolute Gasteiger partial charge is 0.363 e. The van der Waals surface area contributed by atoms with Crippen LogP contribution < -0.4 is 0 Å². The summed E-state index contributed by atoms with van der Waals surface area (Å²) in [6.07, 6.45) is 1.56. The van der Waals surface area contributed by atoms with Gasteiger partial charge in [0.15, 0.2) is 5.70 Å². The van der Waals surface area contributed by atoms with Crippen molar-refractivity contribution in [3.05, 3.63) is 78.9 Å². The Bertz CT molecular complexity index is 907. The summed E-state index contributed by atoms with van der Waals surface area (Å²) in [7, 11) is 0. The van der Waals surface area contributed by atoms with E-state index in [1.165, 1.54) is 18.2 Å². The van der Waals surface area contributed by atoms with Crippen molar-refractivity contribution in [1.29, 1.82) is 0 Å². The minimum absolute atomic E-state index is 0.0583. The summed E-state index contributed by atoms with van der Waals surface area (Å²) in [6.45, 7) is 0. The number of hydrogen-bond donors (Lipinski definition) is 0. The van der Waals surface area contributed by atoms with E-state index in [1.807, 2.05) is 12.1 Å². The summed E-state index contributed by atoms with van der Waals surface area (Å²) >= 11 is 9.36. The van der Waals surface area contributed by atoms with Crippen LogP contribution in [0.15, 0.2) is 57.6 Å². The summed E-state index contributed by atoms with van der Waals surface area (Å²) in [5.41, 5.74) is 0.882. The molecule has 0 radical (unpaired) electrons. The molecule has 0 aliphatic carbocycles. The molecule has 0 saturated carbocycles. The van der Waals surface area contributed by atoms with E-state index in [9.17, 15) is 14.9 Å². The van der Waals surface area contributed by atoms with Gasteiger partial charge in [0.2, 0.25) is 5.90 Å². The Labute approximate surface area is 149 Å². The SMILES string of the molecule is O=C1OC(c2cc([N+](=O)[O-])ccc2Cl)=NC1=Cc1ccc(Br)cc1. The molecule has 0 aromatic heterocycles. The van der Waals surface area contributed by atoms with E-state index in [4.69, 9.17) is 16.3 Å². The molecule has 1 heterocycles. The second-order valence-electron chi connectivity index (χ2n) is 4.81. The molecule has 1 aliphatic rings. The number of non-ortho nitro benzene ring substituents is 1. The van der Waals surface area contributed by atoms with Crippen molar-refractivity contribution in [2.24, 2.45) is 4.99 Å². The van der Waals surface area contributed by atoms with Gasteiger partial charge in [-0.3, -0.25) is 10.1 Å². The first-order chi connectivity index (χ1) is 11.4. The highest BCUT2D eigenvalue weighted by molar-refractivity contribution is 9.10. The number of halogens is 2. The van der Waals surface area contributed by atoms with Crippen LogP contribution in [0.2, 0.25) is 5.02 Å². The molecule has 120 valence electrons. The predicted octanol–water partition coefficient (Wildman–Crippen LogP) is 4.36. The fraction of sp³-hybridized carbons (Fsp3) is 0. The quantitative estimate of drug-likeness (QED) is 0.328. The highest BCUT2D eigenvalue weighted by Crippen LogP contribution is 2.27. The molecule has 8 heteroatoms. The molecule has 3 rings (SSSR count). The van der Waals surface area contributed by atoms with Crippen LogP contribution in [0.25, 0.3) is 6.08 Å². The molecular formula is C16H8BrClN2O4. The fourth-order valence-electron chi connectivity index (χ4n) is 2.03. The van der Waals surface area contributed by atoms with Gasteiger partial charge in [0, 0.05) is 16.6 Å². The number of hydrogen-bond acceptors (Lipinski definition) is 5. The Kier molecular flexibility index (Phi) is 4.46. The standard InChI is InChI=1S/C16H8BrClN2O4/c17-10-3-1-9(2-4-10)7-14-16(21)24-15(19-14)12-8-11(20(22)23)5-6-13(12)18/h1-8H. The number of esters is 1. The second-order valence-corrected chi connectivity index (χ2v) is 6.13. The third kappa shape index (κ3) is 3.37. The maximum atomic E-state index is 12.0. The molecule has 0 N–H and O–H groups in total. The number of ether oxygens (including phenoxy) is 1. The zero-order valence-corrected chi connectivity index (χ0v) is 14.2. The van der Waals surface area contributed by atoms with Crippen LogP contribution in [0.3, 0.4) is 0 Å². The normalized spacial score (nSPS) is 15.3. The van der Waals surface area contributed by atoms with Gasteiger partial charge in [0.05, 0.1) is 15.5 Å². The number of cyclic esters (lactones) is 1. The molecule has 0 bridgehead atoms. The molecule has 2 aromatic carbocycles. The van der Waals surface area contributed by atoms with Crippen LogP contribution in [-0.2, 0) is 9.53 Å². The van der Waals surface area contributed by atoms with Gasteiger partial charge >= 0.3 is 5.97 Å². The lowest BCUT2D eigenvalue weighted by Crippen LogP contribution is -2.06. The largest absolute Gasteiger partial charge is 0.402 e. The van der Waals surface area contributed by atoms with E-state index in [2.05, 4.69) is 20.9 Å². The number of benzene rings is 2. The zero-order valence-electron chi connectivity index (χ0n) is 11.9. The van der Waals surface area contributed by atoms with Crippen molar-refractivity contribution in [3.63, 3.8) is 0 Å². The van der Waals surface area contributed by atoms with Gasteiger partial charge in [-0.25, -0.2) is 9.79 Å². The molecule has 0 saturated heterocycles. The van der Waals surface area contributed by atoms with Crippen molar-refractivity contribution in [3.8, 4) is 0 Å². The molecule has 24 heavy (non-hydrogen) atoms. The first-order valence-electron chi connectivity index (χ1n) is 6.66. The molecule has 0 unspecified atom stereocenters. The maximum Gasteiger partial charge on any atom is 0.363 e. The molecule has 0 atom stereocenters. The molecule has 0 amide bonds. The lowest BCUT2D eigenvalue weighted by Gasteiger charge is -2.02. The van der Waals surface area contributed by atoms with Crippen LogP contribution in [0.4, 0.5) is 5.69 Å². The van der Waals surface area contributed by atoms with Crippen molar-refractivity contribution < 1.29 is 14.5 Å². The van der Waals surface area contributed by atoms with E-state index in [0.717, 1.165) is 10.0 Å². The number of carbonyl (C=O) groups is 1. The Hall–Kier alpha value is -2.51. The molecule has 0 fully saturated rings. The Balaban J connectivity index is 1.99. The summed E-state index contributed by atoms with van der Waals surface area (Å²) in [5.74, 6) is -0.701. The van der Waals surface area contributed by atoms with Gasteiger partial charge in [-0.1, -0.05) is 39.7 Å². The third-order valence-electron chi connectivity index (χ3n) is 3.19. The van der Waals surface area contributed by atoms with E-state index in [1.54, 1.807) is 18.2 Å². The van der Waals surface area contributed by atoms with E-state index >= 15 is 0 Å². The monoisotopic (exact) mass is 406 g/mol. The van der Waals surface area contributed by atoms with E-state index < -0.39 is 10.9 Å². The van der Waals surface area contributed by atoms with Gasteiger partial charge in [-0.2, -0.15) is 0 Å². The van der Waals surface area contributed by atoms with Crippen LogP contribution in [0, 0.1) is 10.1 Å². The molecule has 6 nitrogen and oxygen atoms in total. The predicted molar refractivity (Wildman–Crippen MR) is 92.9 cm³/mol. The van der Waals surface area contributed by atoms with Crippen molar-refractivity contribution >= 4 is 51.2 Å². The topological polar surface area (TPSA) is 81.8 Å². The van der Waals surface area contributed by atoms with E-state index in [-0.39, 0.29) is 27.9 Å². The number of carbonyl (C=O) groups excluding carboxylic acids is 1. The lowest BCUT2D eigenvalue weighted by molar-refractivity contribution is -0.384. The summed E-state index contributed by atoms with van der Waals surface area (Å²) in [6, 6.07) is 11.1. The number of nitrogens with zero attached hydrogens (tertiary/aromatic N) is 2. The summed E-state index contributed by atoms with van der Waals surface area (Å²) < 4.78 is 6.01. The van der Waals surface area contributed by atoms with Crippen LogP contribution in [-0.4, -0.2) is 16.8 Å². The molecule has 1 aliphatic heterocycles. The minimum atomic E-state index is -0.643. The van der Waals surface area contributed by atoms with Gasteiger partial charge < -0.3 is 4.74 Å². The summed E-state index contributed by atoms with van der Waals surface area (Å²) in [4.78, 5) is 26.4. The van der Waals surface area contributed by atoms with Crippen LogP contribution >= 0.6 is 27.5 Å². The highest BCUT2D eigenvalue weighted by Gasteiger charge is 2.27. The average Bonchev–Trinajstić information content (AvgIpc) is 2.90. The Morgan fingerprint density at radius 1 is 1.21 bits per heavy atom. The maximum absolute atomic E-state index is 12.0. The second kappa shape index (κ2) is 6.54. The fourth-order valence-corrected chi connectivity index (χ4v) is 2.49. The molecule has 2 aromatic rings. The molecule has 0 spiro atoms. The number of nitro groups is 1. The average molecular weight is 408 g/mol. The van der Waals surface area contributed by atoms with Gasteiger partial charge in [-0.05, 0) is 29.8 Å². The lowest BCUT2D eigenvalue weighted by atomic mass is 10.2. The first kappa shape index (κ1) is 16.4. The third-order valence-corrected chi connectivity index (χ3v) is 4.04. The highest BCUT2D eigenvalue weighted by atomic mass is 79.9.